The first kappa shape index (κ1) is 19.2. The van der Waals surface area contributed by atoms with Crippen molar-refractivity contribution in [2.45, 2.75) is 13.0 Å². The number of pyridine rings is 1. The van der Waals surface area contributed by atoms with Crippen molar-refractivity contribution >= 4 is 28.5 Å². The Morgan fingerprint density at radius 2 is 1.57 bits per heavy atom. The second kappa shape index (κ2) is 8.48. The molecular weight excluding hydrogens is 378 g/mol. The number of carbonyl (C=O) groups excluding carboxylic acids is 2. The average molecular weight is 397 g/mol. The lowest BCUT2D eigenvalue weighted by atomic mass is 10.0. The van der Waals surface area contributed by atoms with E-state index < -0.39 is 17.9 Å². The summed E-state index contributed by atoms with van der Waals surface area (Å²) in [5.41, 5.74) is 4.37. The fourth-order valence-corrected chi connectivity index (χ4v) is 3.06. The number of fused-ring (bicyclic) bond motifs is 1. The third-order valence-corrected chi connectivity index (χ3v) is 4.60. The van der Waals surface area contributed by atoms with Gasteiger partial charge in [0.25, 0.3) is 0 Å². The Bertz CT molecular complexity index is 1190. The zero-order valence-electron chi connectivity index (χ0n) is 16.2. The zero-order valence-corrected chi connectivity index (χ0v) is 16.2. The molecule has 30 heavy (non-hydrogen) atoms. The maximum atomic E-state index is 12.7. The minimum Gasteiger partial charge on any atom is -0.335 e. The van der Waals surface area contributed by atoms with E-state index in [4.69, 9.17) is 0 Å². The van der Waals surface area contributed by atoms with Gasteiger partial charge in [0.1, 0.15) is 0 Å². The van der Waals surface area contributed by atoms with Crippen LogP contribution in [0.5, 0.6) is 0 Å². The van der Waals surface area contributed by atoms with Crippen molar-refractivity contribution in [1.82, 2.24) is 20.3 Å². The zero-order chi connectivity index (χ0) is 20.9. The summed E-state index contributed by atoms with van der Waals surface area (Å²) >= 11 is 0. The molecule has 2 amide bonds. The average Bonchev–Trinajstić information content (AvgIpc) is 2.78. The molecule has 1 unspecified atom stereocenters. The van der Waals surface area contributed by atoms with E-state index in [1.165, 1.54) is 0 Å². The van der Waals surface area contributed by atoms with Crippen LogP contribution in [0.15, 0.2) is 79.3 Å². The number of anilines is 1. The molecule has 0 spiro atoms. The van der Waals surface area contributed by atoms with Gasteiger partial charge in [-0.1, -0.05) is 35.9 Å². The molecule has 2 N–H and O–H groups in total. The van der Waals surface area contributed by atoms with Crippen LogP contribution >= 0.6 is 0 Å². The number of carbonyl (C=O) groups is 2. The molecule has 0 aliphatic rings. The monoisotopic (exact) mass is 397 g/mol. The van der Waals surface area contributed by atoms with Crippen molar-refractivity contribution < 1.29 is 9.59 Å². The molecule has 0 aliphatic heterocycles. The normalized spacial score (nSPS) is 11.6. The first-order valence-corrected chi connectivity index (χ1v) is 9.40. The number of aryl methyl sites for hydroxylation is 1. The van der Waals surface area contributed by atoms with E-state index in [0.717, 1.165) is 11.1 Å². The van der Waals surface area contributed by atoms with Gasteiger partial charge >= 0.3 is 11.8 Å². The minimum atomic E-state index is -0.772. The lowest BCUT2D eigenvalue weighted by Crippen LogP contribution is -2.38. The summed E-state index contributed by atoms with van der Waals surface area (Å²) in [6, 6.07) is 17.7. The summed E-state index contributed by atoms with van der Waals surface area (Å²) in [7, 11) is 0. The van der Waals surface area contributed by atoms with E-state index in [-0.39, 0.29) is 0 Å². The summed E-state index contributed by atoms with van der Waals surface area (Å²) in [4.78, 5) is 37.9. The molecule has 4 rings (SSSR count). The van der Waals surface area contributed by atoms with Crippen LogP contribution in [-0.4, -0.2) is 26.8 Å². The van der Waals surface area contributed by atoms with Crippen LogP contribution in [-0.2, 0) is 9.59 Å². The van der Waals surface area contributed by atoms with Gasteiger partial charge in [-0.05, 0) is 42.8 Å². The van der Waals surface area contributed by atoms with Gasteiger partial charge in [-0.15, -0.1) is 0 Å². The van der Waals surface area contributed by atoms with Gasteiger partial charge in [0.15, 0.2) is 0 Å². The van der Waals surface area contributed by atoms with E-state index in [0.29, 0.717) is 22.4 Å². The Morgan fingerprint density at radius 3 is 2.30 bits per heavy atom. The topological polar surface area (TPSA) is 96.9 Å². The summed E-state index contributed by atoms with van der Waals surface area (Å²) in [5.74, 6) is -1.53. The van der Waals surface area contributed by atoms with Crippen molar-refractivity contribution in [2.24, 2.45) is 0 Å². The van der Waals surface area contributed by atoms with Crippen LogP contribution in [0.25, 0.3) is 11.0 Å². The SMILES string of the molecule is Cc1ccc(C(NC(=O)C(=O)Nc2ccc3nccnc3c2)c2ccccn2)cc1. The van der Waals surface area contributed by atoms with E-state index >= 15 is 0 Å². The highest BCUT2D eigenvalue weighted by Gasteiger charge is 2.22. The van der Waals surface area contributed by atoms with E-state index in [9.17, 15) is 9.59 Å². The minimum absolute atomic E-state index is 0.466. The standard InChI is InChI=1S/C23H19N5O2/c1-15-5-7-16(8-6-15)21(19-4-2-3-11-24-19)28-23(30)22(29)27-17-9-10-18-20(14-17)26-13-12-25-18/h2-14,21H,1H3,(H,27,29)(H,28,30). The predicted molar refractivity (Wildman–Crippen MR) is 114 cm³/mol. The first-order chi connectivity index (χ1) is 14.6. The Balaban J connectivity index is 1.53. The van der Waals surface area contributed by atoms with Gasteiger partial charge in [0.05, 0.1) is 22.8 Å². The molecule has 148 valence electrons. The van der Waals surface area contributed by atoms with Crippen molar-refractivity contribution in [3.63, 3.8) is 0 Å². The maximum absolute atomic E-state index is 12.7. The largest absolute Gasteiger partial charge is 0.335 e. The molecule has 2 aromatic heterocycles. The van der Waals surface area contributed by atoms with E-state index in [1.807, 2.05) is 43.3 Å². The fourth-order valence-electron chi connectivity index (χ4n) is 3.06. The highest BCUT2D eigenvalue weighted by Crippen LogP contribution is 2.21. The van der Waals surface area contributed by atoms with Crippen molar-refractivity contribution in [3.05, 3.63) is 96.1 Å². The number of hydrogen-bond donors (Lipinski definition) is 2. The predicted octanol–water partition coefficient (Wildman–Crippen LogP) is 3.18. The Kier molecular flexibility index (Phi) is 5.43. The summed E-state index contributed by atoms with van der Waals surface area (Å²) in [6.07, 6.45) is 4.81. The van der Waals surface area contributed by atoms with Crippen molar-refractivity contribution in [3.8, 4) is 0 Å². The number of nitrogens with zero attached hydrogens (tertiary/aromatic N) is 3. The van der Waals surface area contributed by atoms with Crippen LogP contribution < -0.4 is 10.6 Å². The molecule has 0 aliphatic carbocycles. The second-order valence-electron chi connectivity index (χ2n) is 6.79. The second-order valence-corrected chi connectivity index (χ2v) is 6.79. The van der Waals surface area contributed by atoms with Gasteiger partial charge in [-0.3, -0.25) is 24.5 Å². The maximum Gasteiger partial charge on any atom is 0.313 e. The van der Waals surface area contributed by atoms with Gasteiger partial charge in [0, 0.05) is 24.3 Å². The molecule has 7 heteroatoms. The van der Waals surface area contributed by atoms with Gasteiger partial charge < -0.3 is 10.6 Å². The molecule has 0 fully saturated rings. The number of nitrogens with one attached hydrogen (secondary N) is 2. The first-order valence-electron chi connectivity index (χ1n) is 9.40. The quantitative estimate of drug-likeness (QED) is 0.516. The number of benzene rings is 2. The Morgan fingerprint density at radius 1 is 0.800 bits per heavy atom. The number of rotatable bonds is 4. The lowest BCUT2D eigenvalue weighted by Gasteiger charge is -2.19. The van der Waals surface area contributed by atoms with Crippen LogP contribution in [0.3, 0.4) is 0 Å². The van der Waals surface area contributed by atoms with Crippen molar-refractivity contribution in [2.75, 3.05) is 5.32 Å². The highest BCUT2D eigenvalue weighted by molar-refractivity contribution is 6.39. The van der Waals surface area contributed by atoms with Crippen LogP contribution in [0.4, 0.5) is 5.69 Å². The molecule has 1 atom stereocenters. The molecule has 2 heterocycles. The third-order valence-electron chi connectivity index (χ3n) is 4.60. The lowest BCUT2D eigenvalue weighted by molar-refractivity contribution is -0.136. The smallest absolute Gasteiger partial charge is 0.313 e. The molecule has 0 saturated heterocycles. The number of aromatic nitrogens is 3. The molecular formula is C23H19N5O2. The summed E-state index contributed by atoms with van der Waals surface area (Å²) < 4.78 is 0. The van der Waals surface area contributed by atoms with E-state index in [2.05, 4.69) is 25.6 Å². The summed E-state index contributed by atoms with van der Waals surface area (Å²) in [6.45, 7) is 1.99. The molecule has 7 nitrogen and oxygen atoms in total. The Labute approximate surface area is 173 Å². The number of amides is 2. The van der Waals surface area contributed by atoms with Crippen molar-refractivity contribution in [1.29, 1.82) is 0 Å². The van der Waals surface area contributed by atoms with Gasteiger partial charge in [-0.2, -0.15) is 0 Å². The Hall–Kier alpha value is -4.13. The van der Waals surface area contributed by atoms with Gasteiger partial charge in [-0.25, -0.2) is 0 Å². The molecule has 0 saturated carbocycles. The van der Waals surface area contributed by atoms with Gasteiger partial charge in [0.2, 0.25) is 0 Å². The van der Waals surface area contributed by atoms with E-state index in [1.54, 1.807) is 42.9 Å². The fraction of sp³-hybridized carbons (Fsp3) is 0.0870. The van der Waals surface area contributed by atoms with Crippen LogP contribution in [0, 0.1) is 6.92 Å². The molecule has 4 aromatic rings. The molecule has 0 bridgehead atoms. The molecule has 0 radical (unpaired) electrons. The summed E-state index contributed by atoms with van der Waals surface area (Å²) in [5, 5.41) is 5.40. The third kappa shape index (κ3) is 4.30. The number of hydrogen-bond acceptors (Lipinski definition) is 5. The van der Waals surface area contributed by atoms with Crippen LogP contribution in [0.2, 0.25) is 0 Å². The molecule has 2 aromatic carbocycles. The van der Waals surface area contributed by atoms with Crippen LogP contribution in [0.1, 0.15) is 22.9 Å². The highest BCUT2D eigenvalue weighted by atomic mass is 16.2.